The van der Waals surface area contributed by atoms with Crippen LogP contribution in [0, 0.1) is 11.8 Å². The third-order valence-corrected chi connectivity index (χ3v) is 2.45. The minimum Gasteiger partial charge on any atom is -0.390 e. The number of hydrogen-bond acceptors (Lipinski definition) is 2. The summed E-state index contributed by atoms with van der Waals surface area (Å²) in [7, 11) is 0. The van der Waals surface area contributed by atoms with Crippen molar-refractivity contribution < 1.29 is 37.8 Å². The minimum absolute atomic E-state index is 0. The van der Waals surface area contributed by atoms with Gasteiger partial charge in [-0.1, -0.05) is 24.5 Å². The Balaban J connectivity index is 0.000000980. The Morgan fingerprint density at radius 2 is 2.29 bits per heavy atom. The van der Waals surface area contributed by atoms with E-state index in [-0.39, 0.29) is 39.3 Å². The quantitative estimate of drug-likeness (QED) is 0.617. The van der Waals surface area contributed by atoms with Crippen LogP contribution in [0.1, 0.15) is 23.1 Å². The molecule has 3 heteroatoms. The fourth-order valence-electron chi connectivity index (χ4n) is 1.81. The average molecular weight is 263 g/mol. The fraction of sp³-hybridized carbons (Fsp3) is 0.273. The summed E-state index contributed by atoms with van der Waals surface area (Å²) in [6.07, 6.45) is 4.25. The van der Waals surface area contributed by atoms with Crippen LogP contribution in [0.4, 0.5) is 0 Å². The predicted octanol–water partition coefficient (Wildman–Crippen LogP) is 1.54. The molecule has 0 aromatic heterocycles. The van der Waals surface area contributed by atoms with E-state index in [0.29, 0.717) is 5.71 Å². The van der Waals surface area contributed by atoms with Crippen molar-refractivity contribution in [3.8, 4) is 0 Å². The first kappa shape index (κ1) is 11.9. The van der Waals surface area contributed by atoms with Crippen LogP contribution >= 0.6 is 0 Å². The normalized spacial score (nSPS) is 12.6. The molecule has 2 rings (SSSR count). The third-order valence-electron chi connectivity index (χ3n) is 2.45. The van der Waals surface area contributed by atoms with E-state index in [4.69, 9.17) is 10.5 Å². The van der Waals surface area contributed by atoms with Crippen LogP contribution < -0.4 is 0 Å². The summed E-state index contributed by atoms with van der Waals surface area (Å²) in [5.74, 6) is 0. The molecule has 0 spiro atoms. The number of rotatable bonds is 2. The molecule has 14 heavy (non-hydrogen) atoms. The van der Waals surface area contributed by atoms with Gasteiger partial charge in [0.2, 0.25) is 0 Å². The average Bonchev–Trinajstić information content (AvgIpc) is 2.63. The third kappa shape index (κ3) is 2.08. The SMILES string of the molecule is N=C(CO)c1cccc2c1CC[CH-]2.[Y]. The van der Waals surface area contributed by atoms with E-state index >= 15 is 0 Å². The molecular formula is C11H12NOY-. The van der Waals surface area contributed by atoms with Crippen molar-refractivity contribution in [2.24, 2.45) is 0 Å². The Bertz CT molecular complexity index is 349. The van der Waals surface area contributed by atoms with Crippen molar-refractivity contribution in [2.75, 3.05) is 6.61 Å². The summed E-state index contributed by atoms with van der Waals surface area (Å²) in [6.45, 7) is -0.170. The van der Waals surface area contributed by atoms with Crippen molar-refractivity contribution in [3.63, 3.8) is 0 Å². The van der Waals surface area contributed by atoms with Crippen molar-refractivity contribution in [2.45, 2.75) is 12.8 Å². The zero-order valence-corrected chi connectivity index (χ0v) is 10.8. The minimum atomic E-state index is -0.170. The molecule has 0 aliphatic heterocycles. The van der Waals surface area contributed by atoms with Crippen LogP contribution in [0.25, 0.3) is 0 Å². The standard InChI is InChI=1S/C11H12NO.Y/c12-11(7-13)10-6-2-4-8-3-1-5-9(8)10;/h2-4,6,12-13H,1,5,7H2;/q-1;. The van der Waals surface area contributed by atoms with Gasteiger partial charge in [0, 0.05) is 32.7 Å². The van der Waals surface area contributed by atoms with Crippen molar-refractivity contribution in [1.82, 2.24) is 0 Å². The van der Waals surface area contributed by atoms with Gasteiger partial charge in [-0.25, -0.2) is 0 Å². The van der Waals surface area contributed by atoms with Gasteiger partial charge in [0.1, 0.15) is 0 Å². The van der Waals surface area contributed by atoms with E-state index in [1.165, 1.54) is 11.1 Å². The zero-order valence-electron chi connectivity index (χ0n) is 7.96. The molecule has 2 nitrogen and oxygen atoms in total. The van der Waals surface area contributed by atoms with Gasteiger partial charge in [-0.05, 0) is 0 Å². The second kappa shape index (κ2) is 5.06. The summed E-state index contributed by atoms with van der Waals surface area (Å²) in [6, 6.07) is 5.92. The van der Waals surface area contributed by atoms with Crippen LogP contribution in [0.3, 0.4) is 0 Å². The first-order chi connectivity index (χ1) is 6.33. The van der Waals surface area contributed by atoms with Crippen LogP contribution in [0.2, 0.25) is 0 Å². The number of fused-ring (bicyclic) bond motifs is 1. The first-order valence-corrected chi connectivity index (χ1v) is 4.46. The zero-order chi connectivity index (χ0) is 9.26. The maximum absolute atomic E-state index is 8.88. The molecule has 0 unspecified atom stereocenters. The Morgan fingerprint density at radius 1 is 1.50 bits per heavy atom. The van der Waals surface area contributed by atoms with Crippen LogP contribution in [-0.4, -0.2) is 17.4 Å². The molecular weight excluding hydrogens is 251 g/mol. The smallest absolute Gasteiger partial charge is 0.0841 e. The van der Waals surface area contributed by atoms with E-state index < -0.39 is 0 Å². The second-order valence-corrected chi connectivity index (χ2v) is 3.25. The molecule has 1 aromatic carbocycles. The summed E-state index contributed by atoms with van der Waals surface area (Å²) < 4.78 is 0. The summed E-state index contributed by atoms with van der Waals surface area (Å²) in [5, 5.41) is 16.5. The Labute approximate surface area is 109 Å². The maximum Gasteiger partial charge on any atom is 0.0841 e. The Kier molecular flexibility index (Phi) is 4.30. The topological polar surface area (TPSA) is 44.1 Å². The molecule has 1 aromatic rings. The van der Waals surface area contributed by atoms with Gasteiger partial charge in [-0.3, -0.25) is 0 Å². The second-order valence-electron chi connectivity index (χ2n) is 3.25. The first-order valence-electron chi connectivity index (χ1n) is 4.46. The molecule has 1 aliphatic rings. The number of nitrogens with one attached hydrogen (secondary N) is 1. The van der Waals surface area contributed by atoms with Crippen LogP contribution in [0.5, 0.6) is 0 Å². The molecule has 0 amide bonds. The van der Waals surface area contributed by atoms with Gasteiger partial charge in [-0.2, -0.15) is 18.1 Å². The van der Waals surface area contributed by atoms with E-state index in [0.717, 1.165) is 18.4 Å². The summed E-state index contributed by atoms with van der Waals surface area (Å²) in [4.78, 5) is 0. The number of aliphatic hydroxyl groups is 1. The maximum atomic E-state index is 8.88. The van der Waals surface area contributed by atoms with Gasteiger partial charge >= 0.3 is 0 Å². The number of benzene rings is 1. The largest absolute Gasteiger partial charge is 0.390 e. The molecule has 1 radical (unpaired) electrons. The number of aliphatic hydroxyl groups excluding tert-OH is 1. The van der Waals surface area contributed by atoms with E-state index in [1.54, 1.807) is 0 Å². The summed E-state index contributed by atoms with van der Waals surface area (Å²) >= 11 is 0. The Morgan fingerprint density at radius 3 is 3.00 bits per heavy atom. The van der Waals surface area contributed by atoms with Gasteiger partial charge in [0.05, 0.1) is 12.3 Å². The van der Waals surface area contributed by atoms with Gasteiger partial charge in [0.25, 0.3) is 0 Å². The van der Waals surface area contributed by atoms with Gasteiger partial charge < -0.3 is 10.5 Å². The van der Waals surface area contributed by atoms with Crippen molar-refractivity contribution in [1.29, 1.82) is 5.41 Å². The summed E-state index contributed by atoms with van der Waals surface area (Å²) in [5.41, 5.74) is 3.69. The van der Waals surface area contributed by atoms with E-state index in [9.17, 15) is 0 Å². The number of hydrogen-bond donors (Lipinski definition) is 2. The van der Waals surface area contributed by atoms with Gasteiger partial charge in [-0.15, -0.1) is 11.6 Å². The van der Waals surface area contributed by atoms with E-state index in [2.05, 4.69) is 12.5 Å². The van der Waals surface area contributed by atoms with Crippen molar-refractivity contribution in [3.05, 3.63) is 41.3 Å². The van der Waals surface area contributed by atoms with Crippen molar-refractivity contribution >= 4 is 5.71 Å². The molecule has 0 atom stereocenters. The Hall–Kier alpha value is -0.176. The fourth-order valence-corrected chi connectivity index (χ4v) is 1.81. The van der Waals surface area contributed by atoms with Crippen LogP contribution in [-0.2, 0) is 39.1 Å². The molecule has 0 saturated carbocycles. The van der Waals surface area contributed by atoms with E-state index in [1.807, 2.05) is 12.1 Å². The molecule has 0 heterocycles. The molecule has 71 valence electrons. The monoisotopic (exact) mass is 263 g/mol. The molecule has 0 bridgehead atoms. The predicted molar refractivity (Wildman–Crippen MR) is 52.1 cm³/mol. The molecule has 0 saturated heterocycles. The molecule has 0 fully saturated rings. The molecule has 2 N–H and O–H groups in total. The van der Waals surface area contributed by atoms with Crippen LogP contribution in [0.15, 0.2) is 18.2 Å². The molecule has 1 aliphatic carbocycles. The van der Waals surface area contributed by atoms with Gasteiger partial charge in [0.15, 0.2) is 0 Å².